The van der Waals surface area contributed by atoms with E-state index >= 15 is 0 Å². The molecule has 3 aromatic rings. The molecule has 2 aromatic heterocycles. The van der Waals surface area contributed by atoms with Crippen LogP contribution in [0.5, 0.6) is 0 Å². The van der Waals surface area contributed by atoms with E-state index in [-0.39, 0.29) is 11.3 Å². The highest BCUT2D eigenvalue weighted by molar-refractivity contribution is 7.99. The lowest BCUT2D eigenvalue weighted by molar-refractivity contribution is 0.704. The van der Waals surface area contributed by atoms with Crippen molar-refractivity contribution in [2.75, 3.05) is 0 Å². The molecule has 2 N–H and O–H groups in total. The van der Waals surface area contributed by atoms with Crippen LogP contribution in [0.15, 0.2) is 60.0 Å². The molecule has 0 aliphatic heterocycles. The predicted molar refractivity (Wildman–Crippen MR) is 86.0 cm³/mol. The van der Waals surface area contributed by atoms with Crippen LogP contribution in [-0.2, 0) is 0 Å². The van der Waals surface area contributed by atoms with Crippen molar-refractivity contribution < 1.29 is 0 Å². The molecule has 0 saturated heterocycles. The third-order valence-corrected chi connectivity index (χ3v) is 4.67. The van der Waals surface area contributed by atoms with Gasteiger partial charge in [0.25, 0.3) is 0 Å². The van der Waals surface area contributed by atoms with Crippen molar-refractivity contribution in [1.82, 2.24) is 15.0 Å². The monoisotopic (exact) mass is 296 g/mol. The van der Waals surface area contributed by atoms with Crippen molar-refractivity contribution in [3.05, 3.63) is 60.7 Å². The van der Waals surface area contributed by atoms with E-state index in [0.29, 0.717) is 0 Å². The zero-order valence-corrected chi connectivity index (χ0v) is 12.5. The summed E-state index contributed by atoms with van der Waals surface area (Å²) in [6, 6.07) is 13.9. The van der Waals surface area contributed by atoms with Gasteiger partial charge in [-0.15, -0.1) is 0 Å². The van der Waals surface area contributed by atoms with Gasteiger partial charge in [-0.1, -0.05) is 36.0 Å². The first kappa shape index (κ1) is 14.0. The zero-order chi connectivity index (χ0) is 14.7. The number of nitrogens with zero attached hydrogens (tertiary/aromatic N) is 3. The standard InChI is InChI=1S/C16H16N4S/c1-11(17)15(14-8-4-5-9-18-14)21-16-12-6-2-3-7-13(12)19-10-20-16/h2-11,15H,17H2,1H3. The maximum absolute atomic E-state index is 6.16. The van der Waals surface area contributed by atoms with Gasteiger partial charge in [-0.3, -0.25) is 4.98 Å². The Hall–Kier alpha value is -1.98. The van der Waals surface area contributed by atoms with Crippen LogP contribution in [0, 0.1) is 0 Å². The van der Waals surface area contributed by atoms with E-state index in [0.717, 1.165) is 21.6 Å². The summed E-state index contributed by atoms with van der Waals surface area (Å²) in [7, 11) is 0. The molecule has 0 spiro atoms. The summed E-state index contributed by atoms with van der Waals surface area (Å²) in [6.45, 7) is 2.00. The van der Waals surface area contributed by atoms with E-state index in [1.54, 1.807) is 24.3 Å². The Morgan fingerprint density at radius 1 is 1.00 bits per heavy atom. The van der Waals surface area contributed by atoms with E-state index in [4.69, 9.17) is 5.73 Å². The number of nitrogens with two attached hydrogens (primary N) is 1. The fraction of sp³-hybridized carbons (Fsp3) is 0.188. The van der Waals surface area contributed by atoms with Gasteiger partial charge in [-0.25, -0.2) is 9.97 Å². The highest BCUT2D eigenvalue weighted by Gasteiger charge is 2.20. The van der Waals surface area contributed by atoms with Crippen molar-refractivity contribution in [3.8, 4) is 0 Å². The first-order valence-electron chi connectivity index (χ1n) is 6.78. The second-order valence-electron chi connectivity index (χ2n) is 4.85. The molecule has 3 rings (SSSR count). The van der Waals surface area contributed by atoms with Gasteiger partial charge in [0, 0.05) is 17.6 Å². The maximum Gasteiger partial charge on any atom is 0.117 e. The van der Waals surface area contributed by atoms with Crippen molar-refractivity contribution >= 4 is 22.7 Å². The normalized spacial score (nSPS) is 14.0. The fourth-order valence-electron chi connectivity index (χ4n) is 2.18. The smallest absolute Gasteiger partial charge is 0.117 e. The number of hydrogen-bond donors (Lipinski definition) is 1. The lowest BCUT2D eigenvalue weighted by atomic mass is 10.2. The van der Waals surface area contributed by atoms with Crippen molar-refractivity contribution in [1.29, 1.82) is 0 Å². The second-order valence-corrected chi connectivity index (χ2v) is 5.98. The van der Waals surface area contributed by atoms with Gasteiger partial charge < -0.3 is 5.73 Å². The summed E-state index contributed by atoms with van der Waals surface area (Å²) >= 11 is 1.64. The molecule has 0 aliphatic rings. The molecule has 2 atom stereocenters. The molecular formula is C16H16N4S. The summed E-state index contributed by atoms with van der Waals surface area (Å²) in [6.07, 6.45) is 3.39. The van der Waals surface area contributed by atoms with Crippen LogP contribution < -0.4 is 5.73 Å². The summed E-state index contributed by atoms with van der Waals surface area (Å²) in [5.41, 5.74) is 8.07. The van der Waals surface area contributed by atoms with Crippen LogP contribution in [0.1, 0.15) is 17.9 Å². The minimum atomic E-state index is -0.0290. The third-order valence-electron chi connectivity index (χ3n) is 3.20. The molecule has 2 heterocycles. The Bertz CT molecular complexity index is 725. The molecule has 0 aliphatic carbocycles. The Kier molecular flexibility index (Phi) is 4.13. The average Bonchev–Trinajstić information content (AvgIpc) is 2.53. The number of benzene rings is 1. The van der Waals surface area contributed by atoms with Crippen LogP contribution in [0.25, 0.3) is 10.9 Å². The van der Waals surface area contributed by atoms with Crippen molar-refractivity contribution in [3.63, 3.8) is 0 Å². The molecule has 2 unspecified atom stereocenters. The molecule has 106 valence electrons. The van der Waals surface area contributed by atoms with Crippen molar-refractivity contribution in [2.45, 2.75) is 23.2 Å². The molecular weight excluding hydrogens is 280 g/mol. The lowest BCUT2D eigenvalue weighted by Gasteiger charge is -2.19. The Morgan fingerprint density at radius 3 is 2.57 bits per heavy atom. The summed E-state index contributed by atoms with van der Waals surface area (Å²) in [5.74, 6) is 0. The quantitative estimate of drug-likeness (QED) is 0.591. The summed E-state index contributed by atoms with van der Waals surface area (Å²) in [4.78, 5) is 13.2. The zero-order valence-electron chi connectivity index (χ0n) is 11.7. The first-order valence-corrected chi connectivity index (χ1v) is 7.66. The summed E-state index contributed by atoms with van der Waals surface area (Å²) in [5, 5.41) is 2.05. The first-order chi connectivity index (χ1) is 10.3. The van der Waals surface area contributed by atoms with Crippen LogP contribution in [0.3, 0.4) is 0 Å². The predicted octanol–water partition coefficient (Wildman–Crippen LogP) is 3.21. The van der Waals surface area contributed by atoms with E-state index in [2.05, 4.69) is 15.0 Å². The molecule has 5 heteroatoms. The molecule has 21 heavy (non-hydrogen) atoms. The van der Waals surface area contributed by atoms with Gasteiger partial charge in [0.2, 0.25) is 0 Å². The minimum absolute atomic E-state index is 0.0290. The van der Waals surface area contributed by atoms with Gasteiger partial charge in [0.05, 0.1) is 16.5 Å². The van der Waals surface area contributed by atoms with Gasteiger partial charge in [0.15, 0.2) is 0 Å². The van der Waals surface area contributed by atoms with Crippen LogP contribution in [-0.4, -0.2) is 21.0 Å². The molecule has 0 amide bonds. The number of pyridine rings is 1. The Balaban J connectivity index is 1.99. The average molecular weight is 296 g/mol. The van der Waals surface area contributed by atoms with Gasteiger partial charge in [-0.2, -0.15) is 0 Å². The SMILES string of the molecule is CC(N)C(Sc1ncnc2ccccc12)c1ccccn1. The van der Waals surface area contributed by atoms with E-state index in [9.17, 15) is 0 Å². The highest BCUT2D eigenvalue weighted by Crippen LogP contribution is 2.37. The lowest BCUT2D eigenvalue weighted by Crippen LogP contribution is -2.23. The number of fused-ring (bicyclic) bond motifs is 1. The summed E-state index contributed by atoms with van der Waals surface area (Å²) < 4.78 is 0. The van der Waals surface area contributed by atoms with Gasteiger partial charge in [-0.05, 0) is 25.1 Å². The number of thioether (sulfide) groups is 1. The number of hydrogen-bond acceptors (Lipinski definition) is 5. The third kappa shape index (κ3) is 3.04. The largest absolute Gasteiger partial charge is 0.327 e. The minimum Gasteiger partial charge on any atom is -0.327 e. The van der Waals surface area contributed by atoms with Crippen LogP contribution in [0.2, 0.25) is 0 Å². The molecule has 0 bridgehead atoms. The van der Waals surface area contributed by atoms with Gasteiger partial charge >= 0.3 is 0 Å². The van der Waals surface area contributed by atoms with E-state index < -0.39 is 0 Å². The highest BCUT2D eigenvalue weighted by atomic mass is 32.2. The van der Waals surface area contributed by atoms with E-state index in [1.165, 1.54) is 0 Å². The second kappa shape index (κ2) is 6.20. The maximum atomic E-state index is 6.16. The number of aromatic nitrogens is 3. The molecule has 4 nitrogen and oxygen atoms in total. The van der Waals surface area contributed by atoms with Crippen LogP contribution >= 0.6 is 11.8 Å². The number of para-hydroxylation sites is 1. The Morgan fingerprint density at radius 2 is 1.81 bits per heavy atom. The van der Waals surface area contributed by atoms with E-state index in [1.807, 2.05) is 49.4 Å². The molecule has 1 aromatic carbocycles. The topological polar surface area (TPSA) is 64.7 Å². The number of rotatable bonds is 4. The fourth-order valence-corrected chi connectivity index (χ4v) is 3.30. The molecule has 0 radical (unpaired) electrons. The van der Waals surface area contributed by atoms with Gasteiger partial charge in [0.1, 0.15) is 11.4 Å². The molecule has 0 saturated carbocycles. The molecule has 0 fully saturated rings. The van der Waals surface area contributed by atoms with Crippen LogP contribution in [0.4, 0.5) is 0 Å². The Labute approximate surface area is 127 Å². The van der Waals surface area contributed by atoms with Crippen molar-refractivity contribution in [2.24, 2.45) is 5.73 Å².